The van der Waals surface area contributed by atoms with E-state index in [0.717, 1.165) is 42.3 Å². The van der Waals surface area contributed by atoms with Gasteiger partial charge in [-0.15, -0.1) is 0 Å². The molecule has 1 saturated heterocycles. The molecule has 0 spiro atoms. The number of carbonyl (C=O) groups excluding carboxylic acids is 1. The predicted octanol–water partition coefficient (Wildman–Crippen LogP) is 3.57. The number of H-pyrrole nitrogens is 1. The molecule has 1 aliphatic heterocycles. The van der Waals surface area contributed by atoms with Gasteiger partial charge in [0.2, 0.25) is 0 Å². The fourth-order valence-electron chi connectivity index (χ4n) is 3.11. The second-order valence-corrected chi connectivity index (χ2v) is 5.30. The summed E-state index contributed by atoms with van der Waals surface area (Å²) in [4.78, 5) is 18.0. The minimum Gasteiger partial charge on any atom is -0.361 e. The van der Waals surface area contributed by atoms with Crippen LogP contribution in [0.15, 0.2) is 30.5 Å². The SMILES string of the molecule is CCC1CCCCN1C(=O)c1cccc2cc[nH]c12. The van der Waals surface area contributed by atoms with Crippen molar-refractivity contribution >= 4 is 16.8 Å². The molecule has 1 aromatic heterocycles. The average molecular weight is 256 g/mol. The molecule has 1 aliphatic rings. The quantitative estimate of drug-likeness (QED) is 0.876. The summed E-state index contributed by atoms with van der Waals surface area (Å²) in [5.41, 5.74) is 1.77. The second kappa shape index (κ2) is 5.08. The number of para-hydroxylation sites is 1. The van der Waals surface area contributed by atoms with Crippen molar-refractivity contribution in [3.63, 3.8) is 0 Å². The van der Waals surface area contributed by atoms with Crippen molar-refractivity contribution in [1.82, 2.24) is 9.88 Å². The van der Waals surface area contributed by atoms with E-state index in [0.29, 0.717) is 6.04 Å². The number of piperidine rings is 1. The summed E-state index contributed by atoms with van der Waals surface area (Å²) in [6.45, 7) is 3.07. The molecule has 1 amide bonds. The largest absolute Gasteiger partial charge is 0.361 e. The average Bonchev–Trinajstić information content (AvgIpc) is 2.94. The summed E-state index contributed by atoms with van der Waals surface area (Å²) in [6, 6.07) is 8.36. The highest BCUT2D eigenvalue weighted by molar-refractivity contribution is 6.05. The number of rotatable bonds is 2. The maximum Gasteiger partial charge on any atom is 0.256 e. The Kier molecular flexibility index (Phi) is 3.28. The first-order valence-electron chi connectivity index (χ1n) is 7.18. The smallest absolute Gasteiger partial charge is 0.256 e. The minimum absolute atomic E-state index is 0.180. The molecule has 1 unspecified atom stereocenters. The lowest BCUT2D eigenvalue weighted by Crippen LogP contribution is -2.43. The third kappa shape index (κ3) is 2.14. The maximum atomic E-state index is 12.8. The highest BCUT2D eigenvalue weighted by Crippen LogP contribution is 2.24. The summed E-state index contributed by atoms with van der Waals surface area (Å²) >= 11 is 0. The van der Waals surface area contributed by atoms with E-state index < -0.39 is 0 Å². The van der Waals surface area contributed by atoms with Gasteiger partial charge in [0, 0.05) is 24.2 Å². The molecule has 3 rings (SSSR count). The van der Waals surface area contributed by atoms with Gasteiger partial charge in [-0.25, -0.2) is 0 Å². The van der Waals surface area contributed by atoms with Crippen LogP contribution in [0.2, 0.25) is 0 Å². The molecule has 3 heteroatoms. The Balaban J connectivity index is 1.96. The first-order valence-corrected chi connectivity index (χ1v) is 7.18. The normalized spacial score (nSPS) is 19.8. The van der Waals surface area contributed by atoms with Crippen molar-refractivity contribution < 1.29 is 4.79 Å². The van der Waals surface area contributed by atoms with Gasteiger partial charge in [-0.05, 0) is 37.8 Å². The van der Waals surface area contributed by atoms with E-state index in [1.54, 1.807) is 0 Å². The number of nitrogens with zero attached hydrogens (tertiary/aromatic N) is 1. The van der Waals surface area contributed by atoms with E-state index >= 15 is 0 Å². The van der Waals surface area contributed by atoms with Gasteiger partial charge in [0.1, 0.15) is 0 Å². The maximum absolute atomic E-state index is 12.8. The highest BCUT2D eigenvalue weighted by Gasteiger charge is 2.27. The molecule has 19 heavy (non-hydrogen) atoms. The number of hydrogen-bond donors (Lipinski definition) is 1. The number of aromatic nitrogens is 1. The molecule has 1 fully saturated rings. The number of carbonyl (C=O) groups is 1. The van der Waals surface area contributed by atoms with Crippen LogP contribution in [-0.4, -0.2) is 28.4 Å². The predicted molar refractivity (Wildman–Crippen MR) is 77.3 cm³/mol. The van der Waals surface area contributed by atoms with Crippen LogP contribution in [0.4, 0.5) is 0 Å². The topological polar surface area (TPSA) is 36.1 Å². The lowest BCUT2D eigenvalue weighted by Gasteiger charge is -2.35. The standard InChI is InChI=1S/C16H20N2O/c1-2-13-7-3-4-11-18(13)16(19)14-8-5-6-12-9-10-17-15(12)14/h5-6,8-10,13,17H,2-4,7,11H2,1H3. The van der Waals surface area contributed by atoms with Gasteiger partial charge in [-0.1, -0.05) is 19.1 Å². The minimum atomic E-state index is 0.180. The molecular weight excluding hydrogens is 236 g/mol. The molecule has 1 atom stereocenters. The zero-order valence-corrected chi connectivity index (χ0v) is 11.4. The Morgan fingerprint density at radius 3 is 3.11 bits per heavy atom. The third-order valence-electron chi connectivity index (χ3n) is 4.18. The number of hydrogen-bond acceptors (Lipinski definition) is 1. The molecule has 1 aromatic carbocycles. The van der Waals surface area contributed by atoms with Crippen LogP contribution < -0.4 is 0 Å². The second-order valence-electron chi connectivity index (χ2n) is 5.30. The van der Waals surface area contributed by atoms with Crippen LogP contribution in [0.25, 0.3) is 10.9 Å². The van der Waals surface area contributed by atoms with Gasteiger partial charge in [-0.2, -0.15) is 0 Å². The van der Waals surface area contributed by atoms with Gasteiger partial charge in [0.15, 0.2) is 0 Å². The van der Waals surface area contributed by atoms with Crippen LogP contribution in [0.1, 0.15) is 43.0 Å². The van der Waals surface area contributed by atoms with Crippen molar-refractivity contribution in [2.75, 3.05) is 6.54 Å². The fraction of sp³-hybridized carbons (Fsp3) is 0.438. The summed E-state index contributed by atoms with van der Waals surface area (Å²) in [7, 11) is 0. The summed E-state index contributed by atoms with van der Waals surface area (Å²) < 4.78 is 0. The third-order valence-corrected chi connectivity index (χ3v) is 4.18. The molecular formula is C16H20N2O. The molecule has 2 heterocycles. The van der Waals surface area contributed by atoms with Crippen LogP contribution in [0.3, 0.4) is 0 Å². The van der Waals surface area contributed by atoms with E-state index in [2.05, 4.69) is 16.8 Å². The zero-order valence-electron chi connectivity index (χ0n) is 11.4. The Morgan fingerprint density at radius 2 is 2.26 bits per heavy atom. The van der Waals surface area contributed by atoms with Gasteiger partial charge in [0.05, 0.1) is 11.1 Å². The van der Waals surface area contributed by atoms with E-state index in [-0.39, 0.29) is 5.91 Å². The number of nitrogens with one attached hydrogen (secondary N) is 1. The van der Waals surface area contributed by atoms with E-state index in [9.17, 15) is 4.79 Å². The number of benzene rings is 1. The van der Waals surface area contributed by atoms with Gasteiger partial charge < -0.3 is 9.88 Å². The van der Waals surface area contributed by atoms with E-state index in [1.165, 1.54) is 6.42 Å². The molecule has 100 valence electrons. The molecule has 2 aromatic rings. The van der Waals surface area contributed by atoms with Crippen LogP contribution in [-0.2, 0) is 0 Å². The molecule has 0 bridgehead atoms. The first-order chi connectivity index (χ1) is 9.31. The van der Waals surface area contributed by atoms with Crippen molar-refractivity contribution in [1.29, 1.82) is 0 Å². The monoisotopic (exact) mass is 256 g/mol. The molecule has 0 saturated carbocycles. The first kappa shape index (κ1) is 12.3. The molecule has 0 aliphatic carbocycles. The van der Waals surface area contributed by atoms with Crippen molar-refractivity contribution in [3.8, 4) is 0 Å². The Bertz CT molecular complexity index is 587. The highest BCUT2D eigenvalue weighted by atomic mass is 16.2. The Hall–Kier alpha value is -1.77. The van der Waals surface area contributed by atoms with Gasteiger partial charge in [-0.3, -0.25) is 4.79 Å². The van der Waals surface area contributed by atoms with E-state index in [1.807, 2.05) is 30.5 Å². The molecule has 3 nitrogen and oxygen atoms in total. The zero-order chi connectivity index (χ0) is 13.2. The number of aromatic amines is 1. The van der Waals surface area contributed by atoms with Crippen molar-refractivity contribution in [2.45, 2.75) is 38.6 Å². The van der Waals surface area contributed by atoms with Crippen LogP contribution in [0.5, 0.6) is 0 Å². The molecule has 1 N–H and O–H groups in total. The summed E-state index contributed by atoms with van der Waals surface area (Å²) in [5, 5.41) is 1.11. The number of likely N-dealkylation sites (tertiary alicyclic amines) is 1. The van der Waals surface area contributed by atoms with Crippen LogP contribution >= 0.6 is 0 Å². The van der Waals surface area contributed by atoms with Crippen molar-refractivity contribution in [2.24, 2.45) is 0 Å². The summed E-state index contributed by atoms with van der Waals surface area (Å²) in [5.74, 6) is 0.180. The van der Waals surface area contributed by atoms with Crippen LogP contribution in [0, 0.1) is 0 Å². The molecule has 0 radical (unpaired) electrons. The van der Waals surface area contributed by atoms with Gasteiger partial charge >= 0.3 is 0 Å². The Labute approximate surface area is 113 Å². The van der Waals surface area contributed by atoms with Crippen molar-refractivity contribution in [3.05, 3.63) is 36.0 Å². The number of fused-ring (bicyclic) bond motifs is 1. The summed E-state index contributed by atoms with van der Waals surface area (Å²) in [6.07, 6.45) is 6.46. The lowest BCUT2D eigenvalue weighted by molar-refractivity contribution is 0.0610. The Morgan fingerprint density at radius 1 is 1.37 bits per heavy atom. The number of amides is 1. The van der Waals surface area contributed by atoms with E-state index in [4.69, 9.17) is 0 Å². The fourth-order valence-corrected chi connectivity index (χ4v) is 3.11. The lowest BCUT2D eigenvalue weighted by atomic mass is 9.98. The van der Waals surface area contributed by atoms with Gasteiger partial charge in [0.25, 0.3) is 5.91 Å².